The van der Waals surface area contributed by atoms with Crippen LogP contribution in [-0.2, 0) is 4.79 Å². The van der Waals surface area contributed by atoms with Gasteiger partial charge in [0.15, 0.2) is 5.13 Å². The Morgan fingerprint density at radius 2 is 2.08 bits per heavy atom. The first-order valence-corrected chi connectivity index (χ1v) is 8.38. The molecule has 0 aliphatic rings. The van der Waals surface area contributed by atoms with Gasteiger partial charge in [0.1, 0.15) is 11.5 Å². The van der Waals surface area contributed by atoms with Gasteiger partial charge in [0.2, 0.25) is 5.91 Å². The lowest BCUT2D eigenvalue weighted by molar-refractivity contribution is -0.111. The minimum Gasteiger partial charge on any atom is -0.465 e. The number of benzene rings is 1. The minimum absolute atomic E-state index is 0.0771. The molecule has 0 saturated carbocycles. The van der Waals surface area contributed by atoms with E-state index in [1.165, 1.54) is 35.8 Å². The Bertz CT molecular complexity index is 903. The Morgan fingerprint density at radius 1 is 1.31 bits per heavy atom. The second kappa shape index (κ2) is 7.92. The van der Waals surface area contributed by atoms with E-state index in [9.17, 15) is 13.6 Å². The van der Waals surface area contributed by atoms with Crippen molar-refractivity contribution in [1.82, 2.24) is 4.98 Å². The summed E-state index contributed by atoms with van der Waals surface area (Å²) in [5.41, 5.74) is 1.41. The molecule has 0 fully saturated rings. The third kappa shape index (κ3) is 4.54. The molecule has 0 bridgehead atoms. The second-order valence-electron chi connectivity index (χ2n) is 5.16. The summed E-state index contributed by atoms with van der Waals surface area (Å²) in [5.74, 6) is 0.317. The van der Waals surface area contributed by atoms with E-state index in [2.05, 4.69) is 15.0 Å². The van der Waals surface area contributed by atoms with Crippen molar-refractivity contribution in [3.05, 3.63) is 59.4 Å². The molecular formula is C18H14F2N2O3S. The van der Waals surface area contributed by atoms with E-state index >= 15 is 0 Å². The van der Waals surface area contributed by atoms with Crippen molar-refractivity contribution in [1.29, 1.82) is 0 Å². The smallest absolute Gasteiger partial charge is 0.387 e. The van der Waals surface area contributed by atoms with Gasteiger partial charge in [-0.2, -0.15) is 8.78 Å². The summed E-state index contributed by atoms with van der Waals surface area (Å²) in [6.07, 6.45) is 4.43. The molecule has 3 aromatic rings. The average Bonchev–Trinajstić information content (AvgIpc) is 3.23. The maximum atomic E-state index is 12.2. The van der Waals surface area contributed by atoms with Crippen LogP contribution in [0.25, 0.3) is 17.3 Å². The predicted molar refractivity (Wildman–Crippen MR) is 95.3 cm³/mol. The number of ether oxygens (including phenoxy) is 1. The number of thiazole rings is 1. The molecular weight excluding hydrogens is 362 g/mol. The number of nitrogens with zero attached hydrogens (tertiary/aromatic N) is 1. The largest absolute Gasteiger partial charge is 0.465 e. The predicted octanol–water partition coefficient (Wildman–Crippen LogP) is 4.96. The van der Waals surface area contributed by atoms with Crippen LogP contribution < -0.4 is 10.1 Å². The van der Waals surface area contributed by atoms with Crippen molar-refractivity contribution < 1.29 is 22.7 Å². The number of anilines is 1. The molecule has 0 aliphatic carbocycles. The fraction of sp³-hybridized carbons (Fsp3) is 0.111. The number of aryl methyl sites for hydroxylation is 1. The number of carbonyl (C=O) groups is 1. The monoisotopic (exact) mass is 376 g/mol. The lowest BCUT2D eigenvalue weighted by Crippen LogP contribution is -2.07. The van der Waals surface area contributed by atoms with Crippen LogP contribution in [0.15, 0.2) is 53.2 Å². The molecule has 0 aliphatic heterocycles. The number of alkyl halides is 2. The fourth-order valence-electron chi connectivity index (χ4n) is 2.20. The molecule has 2 heterocycles. The topological polar surface area (TPSA) is 64.4 Å². The molecule has 0 unspecified atom stereocenters. The van der Waals surface area contributed by atoms with Crippen LogP contribution in [0.5, 0.6) is 5.75 Å². The van der Waals surface area contributed by atoms with E-state index in [1.54, 1.807) is 30.3 Å². The van der Waals surface area contributed by atoms with E-state index in [0.717, 1.165) is 10.4 Å². The number of carbonyl (C=O) groups excluding carboxylic acids is 1. The normalized spacial score (nSPS) is 11.2. The average molecular weight is 376 g/mol. The molecule has 3 rings (SSSR count). The molecule has 26 heavy (non-hydrogen) atoms. The van der Waals surface area contributed by atoms with Crippen LogP contribution in [0.2, 0.25) is 0 Å². The van der Waals surface area contributed by atoms with Crippen molar-refractivity contribution in [2.75, 3.05) is 5.32 Å². The zero-order chi connectivity index (χ0) is 18.5. The van der Waals surface area contributed by atoms with E-state index < -0.39 is 6.61 Å². The van der Waals surface area contributed by atoms with Crippen LogP contribution in [0, 0.1) is 6.92 Å². The summed E-state index contributed by atoms with van der Waals surface area (Å²) in [7, 11) is 0. The van der Waals surface area contributed by atoms with Gasteiger partial charge in [-0.05, 0) is 49.4 Å². The van der Waals surface area contributed by atoms with Gasteiger partial charge in [0.25, 0.3) is 0 Å². The van der Waals surface area contributed by atoms with Crippen molar-refractivity contribution in [3.8, 4) is 17.0 Å². The van der Waals surface area contributed by atoms with Gasteiger partial charge in [-0.15, -0.1) is 11.3 Å². The van der Waals surface area contributed by atoms with Crippen LogP contribution in [0.4, 0.5) is 13.9 Å². The van der Waals surface area contributed by atoms with Crippen LogP contribution >= 0.6 is 11.3 Å². The highest BCUT2D eigenvalue weighted by Gasteiger charge is 2.12. The van der Waals surface area contributed by atoms with Gasteiger partial charge >= 0.3 is 6.61 Å². The maximum absolute atomic E-state index is 12.2. The third-order valence-electron chi connectivity index (χ3n) is 3.32. The highest BCUT2D eigenvalue weighted by Crippen LogP contribution is 2.31. The highest BCUT2D eigenvalue weighted by molar-refractivity contribution is 7.16. The number of nitrogens with one attached hydrogen (secondary N) is 1. The summed E-state index contributed by atoms with van der Waals surface area (Å²) in [6, 6.07) is 9.64. The Morgan fingerprint density at radius 3 is 2.73 bits per heavy atom. The van der Waals surface area contributed by atoms with Gasteiger partial charge in [-0.3, -0.25) is 10.1 Å². The Labute approximate surface area is 151 Å². The zero-order valence-electron chi connectivity index (χ0n) is 13.6. The number of aromatic nitrogens is 1. The molecule has 8 heteroatoms. The number of hydrogen-bond acceptors (Lipinski definition) is 5. The van der Waals surface area contributed by atoms with Gasteiger partial charge < -0.3 is 9.15 Å². The quantitative estimate of drug-likeness (QED) is 0.617. The first-order chi connectivity index (χ1) is 12.5. The molecule has 1 aromatic carbocycles. The molecule has 134 valence electrons. The lowest BCUT2D eigenvalue weighted by atomic mass is 10.1. The Kier molecular flexibility index (Phi) is 5.43. The van der Waals surface area contributed by atoms with Gasteiger partial charge in [-0.1, -0.05) is 0 Å². The first kappa shape index (κ1) is 17.8. The Hall–Kier alpha value is -3.00. The lowest BCUT2D eigenvalue weighted by Gasteiger charge is -2.05. The zero-order valence-corrected chi connectivity index (χ0v) is 14.4. The first-order valence-electron chi connectivity index (χ1n) is 7.56. The summed E-state index contributed by atoms with van der Waals surface area (Å²) < 4.78 is 33.8. The van der Waals surface area contributed by atoms with Gasteiger partial charge in [0, 0.05) is 16.5 Å². The Balaban J connectivity index is 1.69. The number of rotatable bonds is 6. The minimum atomic E-state index is -2.86. The summed E-state index contributed by atoms with van der Waals surface area (Å²) >= 11 is 1.32. The number of furan rings is 1. The molecule has 0 saturated heterocycles. The summed E-state index contributed by atoms with van der Waals surface area (Å²) in [4.78, 5) is 17.2. The van der Waals surface area contributed by atoms with E-state index in [-0.39, 0.29) is 11.7 Å². The molecule has 0 atom stereocenters. The van der Waals surface area contributed by atoms with Crippen molar-refractivity contribution in [2.45, 2.75) is 13.5 Å². The summed E-state index contributed by atoms with van der Waals surface area (Å²) in [6.45, 7) is -0.997. The second-order valence-corrected chi connectivity index (χ2v) is 6.37. The number of halogens is 2. The van der Waals surface area contributed by atoms with Crippen molar-refractivity contribution in [2.24, 2.45) is 0 Å². The van der Waals surface area contributed by atoms with Crippen molar-refractivity contribution >= 4 is 28.5 Å². The molecule has 2 aromatic heterocycles. The van der Waals surface area contributed by atoms with E-state index in [0.29, 0.717) is 16.6 Å². The maximum Gasteiger partial charge on any atom is 0.387 e. The molecule has 1 N–H and O–H groups in total. The number of amides is 1. The van der Waals surface area contributed by atoms with E-state index in [1.807, 2.05) is 6.92 Å². The SMILES string of the molecule is Cc1sc(NC(=O)/C=C/c2ccco2)nc1-c1ccc(OC(F)F)cc1. The molecule has 0 radical (unpaired) electrons. The third-order valence-corrected chi connectivity index (χ3v) is 4.21. The van der Waals surface area contributed by atoms with Crippen LogP contribution in [0.1, 0.15) is 10.6 Å². The number of hydrogen-bond donors (Lipinski definition) is 1. The van der Waals surface area contributed by atoms with Crippen molar-refractivity contribution in [3.63, 3.8) is 0 Å². The van der Waals surface area contributed by atoms with Crippen LogP contribution in [0.3, 0.4) is 0 Å². The highest BCUT2D eigenvalue weighted by atomic mass is 32.1. The van der Waals surface area contributed by atoms with Gasteiger partial charge in [0.05, 0.1) is 12.0 Å². The fourth-order valence-corrected chi connectivity index (χ4v) is 3.04. The summed E-state index contributed by atoms with van der Waals surface area (Å²) in [5, 5.41) is 3.13. The van der Waals surface area contributed by atoms with Gasteiger partial charge in [-0.25, -0.2) is 4.98 Å². The molecule has 1 amide bonds. The standard InChI is InChI=1S/C18H14F2N2O3S/c1-11-16(12-4-6-14(7-5-12)25-17(19)20)22-18(26-11)21-15(23)9-8-13-3-2-10-24-13/h2-10,17H,1H3,(H,21,22,23)/b9-8+. The molecule has 0 spiro atoms. The van der Waals surface area contributed by atoms with Crippen LogP contribution in [-0.4, -0.2) is 17.5 Å². The van der Waals surface area contributed by atoms with E-state index in [4.69, 9.17) is 4.42 Å². The molecule has 5 nitrogen and oxygen atoms in total.